The van der Waals surface area contributed by atoms with Gasteiger partial charge in [-0.25, -0.2) is 9.59 Å². The molecular weight excluding hydrogens is 456 g/mol. The van der Waals surface area contributed by atoms with E-state index in [9.17, 15) is 19.5 Å². The Labute approximate surface area is 212 Å². The quantitative estimate of drug-likeness (QED) is 0.611. The van der Waals surface area contributed by atoms with E-state index in [4.69, 9.17) is 4.74 Å². The lowest BCUT2D eigenvalue weighted by molar-refractivity contribution is -0.142. The highest BCUT2D eigenvalue weighted by molar-refractivity contribution is 5.89. The number of esters is 1. The van der Waals surface area contributed by atoms with Gasteiger partial charge in [0, 0.05) is 25.2 Å². The van der Waals surface area contributed by atoms with Gasteiger partial charge >= 0.3 is 12.1 Å². The Hall–Kier alpha value is -3.35. The fourth-order valence-corrected chi connectivity index (χ4v) is 6.47. The number of carboxylic acid groups (broad SMARTS) is 1. The molecule has 36 heavy (non-hydrogen) atoms. The largest absolute Gasteiger partial charge is 0.465 e. The van der Waals surface area contributed by atoms with Crippen LogP contribution in [0.4, 0.5) is 4.79 Å². The molecule has 0 bridgehead atoms. The fourth-order valence-electron chi connectivity index (χ4n) is 6.47. The first-order valence-corrected chi connectivity index (χ1v) is 13.1. The van der Waals surface area contributed by atoms with Crippen molar-refractivity contribution in [1.82, 2.24) is 9.80 Å². The van der Waals surface area contributed by atoms with Crippen LogP contribution in [0.3, 0.4) is 0 Å². The van der Waals surface area contributed by atoms with Gasteiger partial charge in [0.2, 0.25) is 5.91 Å². The van der Waals surface area contributed by atoms with Crippen molar-refractivity contribution in [2.75, 3.05) is 13.1 Å². The molecule has 2 atom stereocenters. The molecule has 190 valence electrons. The molecule has 7 heteroatoms. The van der Waals surface area contributed by atoms with Crippen LogP contribution in [0, 0.1) is 5.41 Å². The van der Waals surface area contributed by atoms with Crippen LogP contribution in [0.1, 0.15) is 60.9 Å². The number of piperidine rings is 1. The predicted octanol–water partition coefficient (Wildman–Crippen LogP) is 4.76. The molecule has 2 aromatic carbocycles. The third kappa shape index (κ3) is 4.97. The summed E-state index contributed by atoms with van der Waals surface area (Å²) < 4.78 is 5.77. The van der Waals surface area contributed by atoms with E-state index in [-0.39, 0.29) is 36.6 Å². The molecule has 1 spiro atoms. The number of carbonyl (C=O) groups excluding carboxylic acids is 2. The summed E-state index contributed by atoms with van der Waals surface area (Å²) in [5, 5.41) is 9.63. The summed E-state index contributed by atoms with van der Waals surface area (Å²) in [5.41, 5.74) is 1.11. The number of rotatable bonds is 5. The van der Waals surface area contributed by atoms with Crippen molar-refractivity contribution in [2.45, 2.75) is 69.6 Å². The van der Waals surface area contributed by atoms with E-state index >= 15 is 0 Å². The minimum atomic E-state index is -0.944. The van der Waals surface area contributed by atoms with Gasteiger partial charge in [-0.15, -0.1) is 0 Å². The summed E-state index contributed by atoms with van der Waals surface area (Å²) in [6.07, 6.45) is 4.82. The van der Waals surface area contributed by atoms with Crippen LogP contribution in [-0.2, 0) is 16.0 Å². The molecular formula is C29H34N2O5. The minimum absolute atomic E-state index is 0.0436. The maximum absolute atomic E-state index is 14.0. The summed E-state index contributed by atoms with van der Waals surface area (Å²) in [6, 6.07) is 19.4. The molecule has 2 aromatic rings. The fraction of sp³-hybridized carbons (Fsp3) is 0.483. The topological polar surface area (TPSA) is 87.2 Å². The number of ether oxygens (including phenoxy) is 1. The smallest absolute Gasteiger partial charge is 0.407 e. The molecule has 1 aliphatic carbocycles. The average Bonchev–Trinajstić information content (AvgIpc) is 3.15. The Balaban J connectivity index is 1.30. The van der Waals surface area contributed by atoms with Crippen LogP contribution < -0.4 is 0 Å². The first kappa shape index (κ1) is 24.3. The molecule has 1 unspecified atom stereocenters. The molecule has 2 saturated heterocycles. The highest BCUT2D eigenvalue weighted by Gasteiger charge is 2.55. The number of carbonyl (C=O) groups is 3. The van der Waals surface area contributed by atoms with Gasteiger partial charge in [-0.3, -0.25) is 4.79 Å². The van der Waals surface area contributed by atoms with Crippen LogP contribution in [0.5, 0.6) is 0 Å². The zero-order valence-corrected chi connectivity index (χ0v) is 20.6. The number of amides is 2. The molecule has 2 aliphatic heterocycles. The molecule has 0 radical (unpaired) electrons. The molecule has 1 saturated carbocycles. The van der Waals surface area contributed by atoms with Gasteiger partial charge < -0.3 is 19.6 Å². The van der Waals surface area contributed by atoms with Crippen LogP contribution in [0.15, 0.2) is 60.7 Å². The Morgan fingerprint density at radius 2 is 1.64 bits per heavy atom. The lowest BCUT2D eigenvalue weighted by atomic mass is 9.77. The second kappa shape index (κ2) is 10.3. The van der Waals surface area contributed by atoms with Crippen molar-refractivity contribution < 1.29 is 24.2 Å². The van der Waals surface area contributed by atoms with E-state index in [0.29, 0.717) is 24.9 Å². The second-order valence-corrected chi connectivity index (χ2v) is 10.5. The monoisotopic (exact) mass is 490 g/mol. The van der Waals surface area contributed by atoms with E-state index in [2.05, 4.69) is 17.0 Å². The maximum atomic E-state index is 14.0. The summed E-state index contributed by atoms with van der Waals surface area (Å²) in [5.74, 6) is -0.188. The maximum Gasteiger partial charge on any atom is 0.407 e. The van der Waals surface area contributed by atoms with Crippen LogP contribution >= 0.6 is 0 Å². The van der Waals surface area contributed by atoms with Crippen LogP contribution in [-0.4, -0.2) is 64.2 Å². The molecule has 5 rings (SSSR count). The second-order valence-electron chi connectivity index (χ2n) is 10.5. The van der Waals surface area contributed by atoms with E-state index in [1.807, 2.05) is 36.4 Å². The molecule has 3 aliphatic rings. The molecule has 7 nitrogen and oxygen atoms in total. The number of benzene rings is 2. The van der Waals surface area contributed by atoms with E-state index in [1.54, 1.807) is 12.1 Å². The van der Waals surface area contributed by atoms with Crippen molar-refractivity contribution >= 4 is 18.0 Å². The lowest BCUT2D eigenvalue weighted by Gasteiger charge is -2.40. The van der Waals surface area contributed by atoms with Gasteiger partial charge in [-0.2, -0.15) is 0 Å². The number of likely N-dealkylation sites (tertiary alicyclic amines) is 2. The van der Waals surface area contributed by atoms with Crippen molar-refractivity contribution in [2.24, 2.45) is 5.41 Å². The molecule has 1 N–H and O–H groups in total. The van der Waals surface area contributed by atoms with Gasteiger partial charge in [-0.05, 0) is 69.1 Å². The Morgan fingerprint density at radius 1 is 0.972 bits per heavy atom. The zero-order chi connectivity index (χ0) is 25.1. The van der Waals surface area contributed by atoms with Crippen LogP contribution in [0.25, 0.3) is 0 Å². The van der Waals surface area contributed by atoms with Gasteiger partial charge in [0.1, 0.15) is 6.10 Å². The average molecular weight is 491 g/mol. The van der Waals surface area contributed by atoms with E-state index in [1.165, 1.54) is 10.5 Å². The van der Waals surface area contributed by atoms with Crippen molar-refractivity contribution in [3.8, 4) is 0 Å². The summed E-state index contributed by atoms with van der Waals surface area (Å²) in [4.78, 5) is 41.8. The normalized spacial score (nSPS) is 28.3. The number of hydrogen-bond acceptors (Lipinski definition) is 4. The third-order valence-corrected chi connectivity index (χ3v) is 8.19. The summed E-state index contributed by atoms with van der Waals surface area (Å²) in [6.45, 7) is 0.776. The SMILES string of the molecule is O=C(OC1CCC(N2C(=O)[C@]3(CCCN(C(=O)O)C3)CC2Cc2ccccc2)CC1)c1ccccc1. The predicted molar refractivity (Wildman–Crippen MR) is 135 cm³/mol. The van der Waals surface area contributed by atoms with E-state index < -0.39 is 11.5 Å². The molecule has 2 heterocycles. The van der Waals surface area contributed by atoms with Gasteiger partial charge in [0.15, 0.2) is 0 Å². The molecule has 2 amide bonds. The van der Waals surface area contributed by atoms with E-state index in [0.717, 1.165) is 38.5 Å². The molecule has 3 fully saturated rings. The Bertz CT molecular complexity index is 1080. The van der Waals surface area contributed by atoms with Gasteiger partial charge in [0.25, 0.3) is 0 Å². The first-order chi connectivity index (χ1) is 17.4. The van der Waals surface area contributed by atoms with Crippen molar-refractivity contribution in [3.63, 3.8) is 0 Å². The highest BCUT2D eigenvalue weighted by Crippen LogP contribution is 2.46. The standard InChI is InChI=1S/C29H34N2O5/c32-26(22-10-5-2-6-11-22)36-25-14-12-23(13-15-25)31-24(18-21-8-3-1-4-9-21)19-29(27(31)33)16-7-17-30(20-29)28(34)35/h1-6,8-11,23-25H,7,12-20H2,(H,34,35)/t23?,24?,25?,29-/m1/s1. The summed E-state index contributed by atoms with van der Waals surface area (Å²) in [7, 11) is 0. The van der Waals surface area contributed by atoms with Crippen LogP contribution in [0.2, 0.25) is 0 Å². The number of nitrogens with zero attached hydrogens (tertiary/aromatic N) is 2. The van der Waals surface area contributed by atoms with Crippen molar-refractivity contribution in [1.29, 1.82) is 0 Å². The molecule has 0 aromatic heterocycles. The third-order valence-electron chi connectivity index (χ3n) is 8.19. The van der Waals surface area contributed by atoms with Crippen molar-refractivity contribution in [3.05, 3.63) is 71.8 Å². The summed E-state index contributed by atoms with van der Waals surface area (Å²) >= 11 is 0. The number of hydrogen-bond donors (Lipinski definition) is 1. The lowest BCUT2D eigenvalue weighted by Crippen LogP contribution is -2.51. The first-order valence-electron chi connectivity index (χ1n) is 13.1. The Morgan fingerprint density at radius 3 is 2.31 bits per heavy atom. The van der Waals surface area contributed by atoms with Gasteiger partial charge in [-0.1, -0.05) is 48.5 Å². The highest BCUT2D eigenvalue weighted by atomic mass is 16.5. The Kier molecular flexibility index (Phi) is 6.99. The zero-order valence-electron chi connectivity index (χ0n) is 20.6. The van der Waals surface area contributed by atoms with Gasteiger partial charge in [0.05, 0.1) is 11.0 Å². The minimum Gasteiger partial charge on any atom is -0.465 e.